The van der Waals surface area contributed by atoms with E-state index >= 15 is 0 Å². The number of halogens is 4. The van der Waals surface area contributed by atoms with Crippen molar-refractivity contribution in [3.63, 3.8) is 0 Å². The zero-order valence-electron chi connectivity index (χ0n) is 13.2. The highest BCUT2D eigenvalue weighted by Gasteiger charge is 2.34. The topological polar surface area (TPSA) is 75.3 Å². The third kappa shape index (κ3) is 5.45. The Labute approximate surface area is 153 Å². The first-order valence-corrected chi connectivity index (χ1v) is 9.17. The monoisotopic (exact) mass is 406 g/mol. The van der Waals surface area contributed by atoms with Gasteiger partial charge in [0, 0.05) is 18.7 Å². The Morgan fingerprint density at radius 1 is 1.08 bits per heavy atom. The third-order valence-electron chi connectivity index (χ3n) is 3.26. The van der Waals surface area contributed by atoms with Crippen molar-refractivity contribution >= 4 is 33.2 Å². The molecule has 0 aliphatic rings. The zero-order valence-corrected chi connectivity index (χ0v) is 14.8. The van der Waals surface area contributed by atoms with Gasteiger partial charge in [-0.2, -0.15) is 13.2 Å². The zero-order chi connectivity index (χ0) is 19.4. The lowest BCUT2D eigenvalue weighted by Crippen LogP contribution is -2.28. The first-order chi connectivity index (χ1) is 12.1. The molecule has 5 nitrogen and oxygen atoms in total. The number of hydrogen-bond donors (Lipinski definition) is 2. The van der Waals surface area contributed by atoms with Gasteiger partial charge in [-0.1, -0.05) is 29.8 Å². The van der Waals surface area contributed by atoms with Gasteiger partial charge in [0.1, 0.15) is 0 Å². The number of hydrogen-bond acceptors (Lipinski definition) is 3. The van der Waals surface area contributed by atoms with E-state index in [-0.39, 0.29) is 13.0 Å². The summed E-state index contributed by atoms with van der Waals surface area (Å²) >= 11 is 5.47. The molecule has 2 N–H and O–H groups in total. The Morgan fingerprint density at radius 2 is 1.73 bits per heavy atom. The van der Waals surface area contributed by atoms with E-state index in [2.05, 4.69) is 10.0 Å². The minimum absolute atomic E-state index is 0.187. The summed E-state index contributed by atoms with van der Waals surface area (Å²) in [5, 5.41) is 1.97. The van der Waals surface area contributed by atoms with E-state index in [0.717, 1.165) is 12.1 Å². The number of carbonyl (C=O) groups excluding carboxylic acids is 1. The number of para-hydroxylation sites is 1. The smallest absolute Gasteiger partial charge is 0.326 e. The van der Waals surface area contributed by atoms with Crippen LogP contribution in [0.15, 0.2) is 53.4 Å². The van der Waals surface area contributed by atoms with E-state index in [9.17, 15) is 26.4 Å². The molecule has 0 saturated heterocycles. The van der Waals surface area contributed by atoms with Crippen LogP contribution in [0.5, 0.6) is 0 Å². The van der Waals surface area contributed by atoms with Crippen molar-refractivity contribution in [3.05, 3.63) is 59.1 Å². The average molecular weight is 407 g/mol. The van der Waals surface area contributed by atoms with E-state index in [0.29, 0.717) is 11.8 Å². The molecular weight excluding hydrogens is 393 g/mol. The lowest BCUT2D eigenvalue weighted by molar-refractivity contribution is -0.137. The first-order valence-electron chi connectivity index (χ1n) is 7.31. The predicted octanol–water partition coefficient (Wildman–Crippen LogP) is 3.67. The Hall–Kier alpha value is -2.10. The van der Waals surface area contributed by atoms with Crippen LogP contribution < -0.4 is 10.0 Å². The number of amides is 1. The summed E-state index contributed by atoms with van der Waals surface area (Å²) in [6.07, 6.45) is -4.97. The maximum Gasteiger partial charge on any atom is 0.417 e. The molecule has 0 fully saturated rings. The van der Waals surface area contributed by atoms with Crippen LogP contribution in [-0.4, -0.2) is 20.9 Å². The van der Waals surface area contributed by atoms with Crippen molar-refractivity contribution in [2.24, 2.45) is 0 Å². The Kier molecular flexibility index (Phi) is 6.27. The fraction of sp³-hybridized carbons (Fsp3) is 0.188. The predicted molar refractivity (Wildman–Crippen MR) is 91.3 cm³/mol. The highest BCUT2D eigenvalue weighted by atomic mass is 35.5. The van der Waals surface area contributed by atoms with Crippen LogP contribution in [0.2, 0.25) is 5.02 Å². The van der Waals surface area contributed by atoms with Crippen molar-refractivity contribution in [1.29, 1.82) is 0 Å². The summed E-state index contributed by atoms with van der Waals surface area (Å²) in [4.78, 5) is 11.2. The van der Waals surface area contributed by atoms with Gasteiger partial charge in [-0.15, -0.1) is 0 Å². The number of alkyl halides is 3. The number of anilines is 1. The van der Waals surface area contributed by atoms with Crippen LogP contribution in [-0.2, 0) is 21.0 Å². The van der Waals surface area contributed by atoms with Gasteiger partial charge in [0.15, 0.2) is 0 Å². The van der Waals surface area contributed by atoms with Gasteiger partial charge >= 0.3 is 6.18 Å². The molecule has 0 heterocycles. The first kappa shape index (κ1) is 20.2. The van der Waals surface area contributed by atoms with Crippen LogP contribution >= 0.6 is 11.6 Å². The van der Waals surface area contributed by atoms with Crippen molar-refractivity contribution in [3.8, 4) is 0 Å². The van der Waals surface area contributed by atoms with Gasteiger partial charge in [0.05, 0.1) is 15.5 Å². The molecule has 0 aromatic heterocycles. The summed E-state index contributed by atoms with van der Waals surface area (Å²) in [5.74, 6) is -0.439. The standard InChI is InChI=1S/C16H14ClF3N2O3S/c17-14-7-6-12(10-13(14)16(18,19)20)26(24,25)21-9-8-15(23)22-11-4-2-1-3-5-11/h1-7,10,21H,8-9H2,(H,22,23). The number of benzene rings is 2. The highest BCUT2D eigenvalue weighted by Crippen LogP contribution is 2.35. The molecular formula is C16H14ClF3N2O3S. The largest absolute Gasteiger partial charge is 0.417 e. The SMILES string of the molecule is O=C(CCNS(=O)(=O)c1ccc(Cl)c(C(F)(F)F)c1)Nc1ccccc1. The van der Waals surface area contributed by atoms with Gasteiger partial charge in [-0.3, -0.25) is 4.79 Å². The summed E-state index contributed by atoms with van der Waals surface area (Å²) in [5.41, 5.74) is -0.697. The number of rotatable bonds is 6. The molecule has 0 atom stereocenters. The second-order valence-corrected chi connectivity index (χ2v) is 7.38. The summed E-state index contributed by atoms with van der Waals surface area (Å²) in [6.45, 7) is -0.273. The lowest BCUT2D eigenvalue weighted by atomic mass is 10.2. The van der Waals surface area contributed by atoms with Crippen LogP contribution in [0, 0.1) is 0 Å². The van der Waals surface area contributed by atoms with E-state index in [4.69, 9.17) is 11.6 Å². The van der Waals surface area contributed by atoms with Gasteiger partial charge in [0.25, 0.3) is 0 Å². The molecule has 2 aromatic rings. The molecule has 2 rings (SSSR count). The van der Waals surface area contributed by atoms with Crippen molar-refractivity contribution in [2.45, 2.75) is 17.5 Å². The maximum absolute atomic E-state index is 12.8. The van der Waals surface area contributed by atoms with Crippen LogP contribution in [0.3, 0.4) is 0 Å². The van der Waals surface area contributed by atoms with Crippen molar-refractivity contribution in [1.82, 2.24) is 4.72 Å². The molecule has 0 unspecified atom stereocenters. The fourth-order valence-corrected chi connectivity index (χ4v) is 3.30. The Balaban J connectivity index is 2.00. The molecule has 0 saturated carbocycles. The van der Waals surface area contributed by atoms with E-state index in [1.807, 2.05) is 0 Å². The Bertz CT molecular complexity index is 887. The fourth-order valence-electron chi connectivity index (χ4n) is 2.02. The minimum atomic E-state index is -4.78. The minimum Gasteiger partial charge on any atom is -0.326 e. The van der Waals surface area contributed by atoms with Gasteiger partial charge < -0.3 is 5.32 Å². The molecule has 26 heavy (non-hydrogen) atoms. The lowest BCUT2D eigenvalue weighted by Gasteiger charge is -2.12. The van der Waals surface area contributed by atoms with Gasteiger partial charge in [-0.25, -0.2) is 13.1 Å². The molecule has 10 heteroatoms. The maximum atomic E-state index is 12.8. The molecule has 0 spiro atoms. The molecule has 140 valence electrons. The molecule has 1 amide bonds. The van der Waals surface area contributed by atoms with Gasteiger partial charge in [0.2, 0.25) is 15.9 Å². The van der Waals surface area contributed by atoms with Crippen LogP contribution in [0.25, 0.3) is 0 Å². The number of sulfonamides is 1. The summed E-state index contributed by atoms with van der Waals surface area (Å²) in [7, 11) is -4.22. The average Bonchev–Trinajstić information content (AvgIpc) is 2.54. The summed E-state index contributed by atoms with van der Waals surface area (Å²) < 4.78 is 64.8. The normalized spacial score (nSPS) is 12.0. The molecule has 2 aromatic carbocycles. The number of carbonyl (C=O) groups is 1. The second kappa shape index (κ2) is 8.07. The van der Waals surface area contributed by atoms with E-state index < -0.39 is 37.6 Å². The molecule has 0 aliphatic carbocycles. The van der Waals surface area contributed by atoms with E-state index in [1.165, 1.54) is 0 Å². The highest BCUT2D eigenvalue weighted by molar-refractivity contribution is 7.89. The molecule has 0 bridgehead atoms. The second-order valence-electron chi connectivity index (χ2n) is 5.20. The molecule has 0 aliphatic heterocycles. The molecule has 0 radical (unpaired) electrons. The van der Waals surface area contributed by atoms with Crippen molar-refractivity contribution < 1.29 is 26.4 Å². The van der Waals surface area contributed by atoms with E-state index in [1.54, 1.807) is 30.3 Å². The van der Waals surface area contributed by atoms with Crippen LogP contribution in [0.4, 0.5) is 18.9 Å². The summed E-state index contributed by atoms with van der Waals surface area (Å²) in [6, 6.07) is 10.8. The number of nitrogens with one attached hydrogen (secondary N) is 2. The Morgan fingerprint density at radius 3 is 2.35 bits per heavy atom. The quantitative estimate of drug-likeness (QED) is 0.768. The van der Waals surface area contributed by atoms with Crippen LogP contribution in [0.1, 0.15) is 12.0 Å². The van der Waals surface area contributed by atoms with Crippen molar-refractivity contribution in [2.75, 3.05) is 11.9 Å². The third-order valence-corrected chi connectivity index (χ3v) is 5.04. The van der Waals surface area contributed by atoms with Gasteiger partial charge in [-0.05, 0) is 30.3 Å².